The van der Waals surface area contributed by atoms with E-state index in [1.807, 2.05) is 45.2 Å². The molecule has 5 rings (SSSR count). The number of carbonyl (C=O) groups is 2. The predicted octanol–water partition coefficient (Wildman–Crippen LogP) is 3.48. The lowest BCUT2D eigenvalue weighted by Crippen LogP contribution is -2.46. The van der Waals surface area contributed by atoms with Gasteiger partial charge in [0.25, 0.3) is 5.91 Å². The number of benzene rings is 1. The highest BCUT2D eigenvalue weighted by Crippen LogP contribution is 2.33. The minimum atomic E-state index is -0.775. The van der Waals surface area contributed by atoms with Crippen LogP contribution in [0.15, 0.2) is 48.8 Å². The molecule has 12 heteroatoms. The van der Waals surface area contributed by atoms with Crippen molar-refractivity contribution in [3.8, 4) is 11.3 Å². The zero-order valence-corrected chi connectivity index (χ0v) is 23.3. The molecule has 0 fully saturated rings. The first-order chi connectivity index (χ1) is 19.2. The van der Waals surface area contributed by atoms with Gasteiger partial charge in [-0.25, -0.2) is 9.97 Å². The van der Waals surface area contributed by atoms with Gasteiger partial charge in [0.1, 0.15) is 6.04 Å². The standard InChI is InChI=1S/C28H29ClN8O3/c1-15-6-5-7-22(32-15)24(14-38)33-26(39)17(3)37-13-19-9-8-18(10-20(19)27(37)40)25-21(29)11-30-28(35-25)34-23-12-31-36(4)16(23)2/h5-12,17,24,38H,13-14H2,1-4H3,(H,33,39)(H,30,34,35). The van der Waals surface area contributed by atoms with Gasteiger partial charge in [-0.3, -0.25) is 19.3 Å². The van der Waals surface area contributed by atoms with Crippen LogP contribution in [0, 0.1) is 13.8 Å². The van der Waals surface area contributed by atoms with Gasteiger partial charge in [-0.15, -0.1) is 0 Å². The fraction of sp³-hybridized carbons (Fsp3) is 0.286. The van der Waals surface area contributed by atoms with E-state index in [-0.39, 0.29) is 25.0 Å². The van der Waals surface area contributed by atoms with Crippen LogP contribution >= 0.6 is 11.6 Å². The molecule has 2 atom stereocenters. The number of hydrogen-bond donors (Lipinski definition) is 3. The van der Waals surface area contributed by atoms with Crippen LogP contribution in [-0.4, -0.2) is 59.2 Å². The van der Waals surface area contributed by atoms with Crippen LogP contribution in [0.3, 0.4) is 0 Å². The molecule has 11 nitrogen and oxygen atoms in total. The molecule has 1 aliphatic rings. The molecule has 3 aromatic heterocycles. The van der Waals surface area contributed by atoms with E-state index in [1.54, 1.807) is 29.9 Å². The number of nitrogens with zero attached hydrogens (tertiary/aromatic N) is 6. The topological polar surface area (TPSA) is 138 Å². The molecule has 0 saturated carbocycles. The zero-order chi connectivity index (χ0) is 28.6. The monoisotopic (exact) mass is 560 g/mol. The number of pyridine rings is 1. The van der Waals surface area contributed by atoms with Crippen molar-refractivity contribution in [1.29, 1.82) is 0 Å². The largest absolute Gasteiger partial charge is 0.394 e. The number of fused-ring (bicyclic) bond motifs is 1. The number of amides is 2. The molecule has 1 aliphatic heterocycles. The molecule has 4 aromatic rings. The number of nitrogens with one attached hydrogen (secondary N) is 2. The Morgan fingerprint density at radius 1 is 1.18 bits per heavy atom. The summed E-state index contributed by atoms with van der Waals surface area (Å²) in [5.41, 5.74) is 5.40. The van der Waals surface area contributed by atoms with Crippen molar-refractivity contribution in [2.24, 2.45) is 7.05 Å². The lowest BCUT2D eigenvalue weighted by molar-refractivity contribution is -0.126. The quantitative estimate of drug-likeness (QED) is 0.298. The lowest BCUT2D eigenvalue weighted by Gasteiger charge is -2.25. The fourth-order valence-electron chi connectivity index (χ4n) is 4.56. The average Bonchev–Trinajstić information content (AvgIpc) is 3.45. The summed E-state index contributed by atoms with van der Waals surface area (Å²) in [6.07, 6.45) is 3.19. The molecule has 0 radical (unpaired) electrons. The number of aromatic nitrogens is 5. The highest BCUT2D eigenvalue weighted by Gasteiger charge is 2.35. The fourth-order valence-corrected chi connectivity index (χ4v) is 4.76. The molecule has 0 aliphatic carbocycles. The Bertz CT molecular complexity index is 1600. The van der Waals surface area contributed by atoms with E-state index < -0.39 is 12.1 Å². The average molecular weight is 561 g/mol. The molecule has 2 unspecified atom stereocenters. The van der Waals surface area contributed by atoms with Crippen LogP contribution in [0.5, 0.6) is 0 Å². The lowest BCUT2D eigenvalue weighted by atomic mass is 10.0. The van der Waals surface area contributed by atoms with Gasteiger partial charge in [0.2, 0.25) is 11.9 Å². The molecule has 1 aromatic carbocycles. The van der Waals surface area contributed by atoms with E-state index in [0.29, 0.717) is 33.5 Å². The Hall–Kier alpha value is -4.35. The maximum atomic E-state index is 13.4. The molecule has 0 bridgehead atoms. The Labute approximate surface area is 236 Å². The van der Waals surface area contributed by atoms with Gasteiger partial charge in [-0.1, -0.05) is 29.8 Å². The Morgan fingerprint density at radius 2 is 1.98 bits per heavy atom. The molecule has 0 saturated heterocycles. The third kappa shape index (κ3) is 5.25. The van der Waals surface area contributed by atoms with Crippen molar-refractivity contribution in [3.05, 3.63) is 82.0 Å². The van der Waals surface area contributed by atoms with E-state index in [2.05, 4.69) is 30.7 Å². The van der Waals surface area contributed by atoms with E-state index >= 15 is 0 Å². The first kappa shape index (κ1) is 27.2. The third-order valence-corrected chi connectivity index (χ3v) is 7.33. The summed E-state index contributed by atoms with van der Waals surface area (Å²) < 4.78 is 1.74. The van der Waals surface area contributed by atoms with Gasteiger partial charge >= 0.3 is 0 Å². The second-order valence-electron chi connectivity index (χ2n) is 9.71. The highest BCUT2D eigenvalue weighted by atomic mass is 35.5. The van der Waals surface area contributed by atoms with Gasteiger partial charge < -0.3 is 20.6 Å². The summed E-state index contributed by atoms with van der Waals surface area (Å²) in [6.45, 7) is 5.39. The number of aryl methyl sites for hydroxylation is 2. The number of aliphatic hydroxyl groups excluding tert-OH is 1. The maximum absolute atomic E-state index is 13.4. The number of aliphatic hydroxyl groups is 1. The number of carbonyl (C=O) groups excluding carboxylic acids is 2. The number of rotatable bonds is 8. The van der Waals surface area contributed by atoms with Crippen LogP contribution in [0.4, 0.5) is 11.6 Å². The van der Waals surface area contributed by atoms with E-state index in [9.17, 15) is 14.7 Å². The summed E-state index contributed by atoms with van der Waals surface area (Å²) in [6, 6.07) is 9.37. The van der Waals surface area contributed by atoms with Gasteiger partial charge in [0.15, 0.2) is 0 Å². The smallest absolute Gasteiger partial charge is 0.255 e. The van der Waals surface area contributed by atoms with Gasteiger partial charge in [0, 0.05) is 30.4 Å². The zero-order valence-electron chi connectivity index (χ0n) is 22.5. The molecule has 4 heterocycles. The van der Waals surface area contributed by atoms with Gasteiger partial charge in [-0.2, -0.15) is 5.10 Å². The Balaban J connectivity index is 1.34. The van der Waals surface area contributed by atoms with E-state index in [0.717, 1.165) is 22.6 Å². The minimum Gasteiger partial charge on any atom is -0.394 e. The first-order valence-corrected chi connectivity index (χ1v) is 13.1. The van der Waals surface area contributed by atoms with Crippen molar-refractivity contribution in [1.82, 2.24) is 34.9 Å². The van der Waals surface area contributed by atoms with Crippen molar-refractivity contribution in [2.45, 2.75) is 39.4 Å². The van der Waals surface area contributed by atoms with Crippen molar-refractivity contribution in [3.63, 3.8) is 0 Å². The van der Waals surface area contributed by atoms with E-state index in [1.165, 1.54) is 11.1 Å². The minimum absolute atomic E-state index is 0.275. The maximum Gasteiger partial charge on any atom is 0.255 e. The SMILES string of the molecule is Cc1cccc(C(CO)NC(=O)C(C)N2Cc3ccc(-c4nc(Nc5cnn(C)c5C)ncc4Cl)cc3C2=O)n1. The first-order valence-electron chi connectivity index (χ1n) is 12.7. The Morgan fingerprint density at radius 3 is 2.67 bits per heavy atom. The van der Waals surface area contributed by atoms with Crippen LogP contribution in [-0.2, 0) is 18.4 Å². The second kappa shape index (κ2) is 11.0. The van der Waals surface area contributed by atoms with Crippen LogP contribution in [0.25, 0.3) is 11.3 Å². The summed E-state index contributed by atoms with van der Waals surface area (Å²) in [5, 5.41) is 20.4. The Kier molecular flexibility index (Phi) is 7.51. The van der Waals surface area contributed by atoms with Crippen LogP contribution < -0.4 is 10.6 Å². The van der Waals surface area contributed by atoms with Gasteiger partial charge in [-0.05, 0) is 44.5 Å². The molecule has 3 N–H and O–H groups in total. The molecular formula is C28H29ClN8O3. The van der Waals surface area contributed by atoms with Gasteiger partial charge in [0.05, 0.1) is 52.8 Å². The van der Waals surface area contributed by atoms with Crippen molar-refractivity contribution < 1.29 is 14.7 Å². The number of hydrogen-bond acceptors (Lipinski definition) is 8. The van der Waals surface area contributed by atoms with Crippen molar-refractivity contribution >= 4 is 35.1 Å². The predicted molar refractivity (Wildman–Crippen MR) is 150 cm³/mol. The number of halogens is 1. The second-order valence-corrected chi connectivity index (χ2v) is 10.1. The summed E-state index contributed by atoms with van der Waals surface area (Å²) in [4.78, 5) is 41.3. The molecular weight excluding hydrogens is 532 g/mol. The van der Waals surface area contributed by atoms with Crippen LogP contribution in [0.2, 0.25) is 5.02 Å². The van der Waals surface area contributed by atoms with Crippen molar-refractivity contribution in [2.75, 3.05) is 11.9 Å². The molecule has 2 amide bonds. The molecule has 206 valence electrons. The summed E-state index contributed by atoms with van der Waals surface area (Å²) >= 11 is 6.46. The normalized spacial score (nSPS) is 14.2. The third-order valence-electron chi connectivity index (χ3n) is 7.05. The van der Waals surface area contributed by atoms with E-state index in [4.69, 9.17) is 11.6 Å². The molecule has 40 heavy (non-hydrogen) atoms. The highest BCUT2D eigenvalue weighted by molar-refractivity contribution is 6.33. The van der Waals surface area contributed by atoms with Crippen LogP contribution in [0.1, 0.15) is 46.0 Å². The summed E-state index contributed by atoms with van der Waals surface area (Å²) in [5.74, 6) is -0.317. The summed E-state index contributed by atoms with van der Waals surface area (Å²) in [7, 11) is 1.84. The number of anilines is 2. The molecule has 0 spiro atoms.